The number of ether oxygens (including phenoxy) is 1. The normalized spacial score (nSPS) is 12.2. The van der Waals surface area contributed by atoms with Gasteiger partial charge < -0.3 is 20.8 Å². The molecule has 0 aliphatic rings. The molecule has 7 heteroatoms. The molecule has 3 heterocycles. The summed E-state index contributed by atoms with van der Waals surface area (Å²) in [7, 11) is 0. The summed E-state index contributed by atoms with van der Waals surface area (Å²) in [4.78, 5) is 13.5. The molecule has 4 N–H and O–H groups in total. The SMILES string of the molecule is Cc1cccc(O[C@H](C)Cn2c(C)nc3ccc(-c4cc(N)nc(N)c4)nc32)c1. The van der Waals surface area contributed by atoms with Crippen molar-refractivity contribution in [1.29, 1.82) is 0 Å². The van der Waals surface area contributed by atoms with Crippen molar-refractivity contribution in [3.63, 3.8) is 0 Å². The average Bonchev–Trinajstić information content (AvgIpc) is 2.95. The maximum absolute atomic E-state index is 6.10. The van der Waals surface area contributed by atoms with Crippen LogP contribution in [-0.2, 0) is 6.54 Å². The Hall–Kier alpha value is -3.61. The smallest absolute Gasteiger partial charge is 0.160 e. The van der Waals surface area contributed by atoms with Crippen LogP contribution in [0.2, 0.25) is 0 Å². The lowest BCUT2D eigenvalue weighted by Crippen LogP contribution is -2.20. The Bertz CT molecular complexity index is 1160. The van der Waals surface area contributed by atoms with Gasteiger partial charge in [0.25, 0.3) is 0 Å². The Morgan fingerprint density at radius 2 is 1.72 bits per heavy atom. The maximum atomic E-state index is 6.10. The van der Waals surface area contributed by atoms with Gasteiger partial charge in [-0.15, -0.1) is 0 Å². The minimum Gasteiger partial charge on any atom is -0.489 e. The molecule has 0 spiro atoms. The number of aryl methyl sites for hydroxylation is 2. The van der Waals surface area contributed by atoms with Gasteiger partial charge >= 0.3 is 0 Å². The third-order valence-corrected chi connectivity index (χ3v) is 4.71. The van der Waals surface area contributed by atoms with Gasteiger partial charge in [0.1, 0.15) is 34.8 Å². The predicted octanol–water partition coefficient (Wildman–Crippen LogP) is 3.74. The summed E-state index contributed by atoms with van der Waals surface area (Å²) in [6.45, 7) is 6.70. The molecule has 0 saturated heterocycles. The van der Waals surface area contributed by atoms with Crippen molar-refractivity contribution in [2.75, 3.05) is 11.5 Å². The van der Waals surface area contributed by atoms with Crippen LogP contribution in [0, 0.1) is 13.8 Å². The summed E-state index contributed by atoms with van der Waals surface area (Å²) in [6, 6.07) is 15.5. The Morgan fingerprint density at radius 3 is 2.45 bits per heavy atom. The van der Waals surface area contributed by atoms with Crippen LogP contribution in [0.3, 0.4) is 0 Å². The van der Waals surface area contributed by atoms with Gasteiger partial charge in [-0.1, -0.05) is 12.1 Å². The number of pyridine rings is 2. The monoisotopic (exact) mass is 388 g/mol. The van der Waals surface area contributed by atoms with E-state index in [1.807, 2.05) is 44.2 Å². The molecular weight excluding hydrogens is 364 g/mol. The van der Waals surface area contributed by atoms with E-state index in [0.717, 1.165) is 34.0 Å². The van der Waals surface area contributed by atoms with Gasteiger partial charge in [-0.2, -0.15) is 0 Å². The van der Waals surface area contributed by atoms with E-state index in [9.17, 15) is 0 Å². The van der Waals surface area contributed by atoms with Crippen LogP contribution in [0.15, 0.2) is 48.5 Å². The van der Waals surface area contributed by atoms with Crippen molar-refractivity contribution in [2.24, 2.45) is 0 Å². The Kier molecular flexibility index (Phi) is 4.80. The fourth-order valence-corrected chi connectivity index (χ4v) is 3.43. The van der Waals surface area contributed by atoms with Gasteiger partial charge in [0.2, 0.25) is 0 Å². The van der Waals surface area contributed by atoms with E-state index in [0.29, 0.717) is 18.2 Å². The first kappa shape index (κ1) is 18.7. The number of fused-ring (bicyclic) bond motifs is 1. The van der Waals surface area contributed by atoms with Crippen LogP contribution in [0.4, 0.5) is 11.6 Å². The standard InChI is InChI=1S/C22H24N6O/c1-13-5-4-6-17(9-13)29-14(2)12-28-15(3)25-19-8-7-18(26-22(19)28)16-10-20(23)27-21(24)11-16/h4-11,14H,12H2,1-3H3,(H4,23,24,27)/t14-/m1/s1. The van der Waals surface area contributed by atoms with Gasteiger partial charge in [-0.05, 0) is 62.7 Å². The van der Waals surface area contributed by atoms with Gasteiger partial charge in [-0.25, -0.2) is 15.0 Å². The van der Waals surface area contributed by atoms with E-state index in [1.165, 1.54) is 5.56 Å². The third-order valence-electron chi connectivity index (χ3n) is 4.71. The fraction of sp³-hybridized carbons (Fsp3) is 0.227. The molecule has 0 unspecified atom stereocenters. The second kappa shape index (κ2) is 7.43. The molecule has 29 heavy (non-hydrogen) atoms. The van der Waals surface area contributed by atoms with E-state index in [1.54, 1.807) is 12.1 Å². The highest BCUT2D eigenvalue weighted by Crippen LogP contribution is 2.25. The van der Waals surface area contributed by atoms with Crippen molar-refractivity contribution in [3.05, 3.63) is 59.9 Å². The number of aromatic nitrogens is 4. The van der Waals surface area contributed by atoms with Crippen LogP contribution in [-0.4, -0.2) is 25.6 Å². The van der Waals surface area contributed by atoms with E-state index in [4.69, 9.17) is 21.2 Å². The first-order chi connectivity index (χ1) is 13.9. The molecule has 148 valence electrons. The first-order valence-corrected chi connectivity index (χ1v) is 9.49. The van der Waals surface area contributed by atoms with E-state index in [-0.39, 0.29) is 6.10 Å². The number of rotatable bonds is 5. The van der Waals surface area contributed by atoms with E-state index < -0.39 is 0 Å². The molecule has 4 rings (SSSR count). The second-order valence-electron chi connectivity index (χ2n) is 7.26. The zero-order chi connectivity index (χ0) is 20.5. The van der Waals surface area contributed by atoms with Crippen molar-refractivity contribution in [2.45, 2.75) is 33.4 Å². The number of benzene rings is 1. The minimum absolute atomic E-state index is 0.0504. The maximum Gasteiger partial charge on any atom is 0.160 e. The molecule has 0 bridgehead atoms. The summed E-state index contributed by atoms with van der Waals surface area (Å²) in [5, 5.41) is 0. The van der Waals surface area contributed by atoms with Crippen LogP contribution in [0.5, 0.6) is 5.75 Å². The quantitative estimate of drug-likeness (QED) is 0.539. The molecule has 0 aliphatic heterocycles. The van der Waals surface area contributed by atoms with Crippen LogP contribution in [0.25, 0.3) is 22.4 Å². The second-order valence-corrected chi connectivity index (χ2v) is 7.26. The third kappa shape index (κ3) is 3.99. The predicted molar refractivity (Wildman–Crippen MR) is 116 cm³/mol. The molecule has 0 fully saturated rings. The first-order valence-electron chi connectivity index (χ1n) is 9.49. The Labute approximate surface area is 169 Å². The van der Waals surface area contributed by atoms with Crippen molar-refractivity contribution in [1.82, 2.24) is 19.5 Å². The average molecular weight is 388 g/mol. The molecule has 0 saturated carbocycles. The molecule has 7 nitrogen and oxygen atoms in total. The van der Waals surface area contributed by atoms with Crippen molar-refractivity contribution >= 4 is 22.8 Å². The molecule has 0 radical (unpaired) electrons. The van der Waals surface area contributed by atoms with E-state index >= 15 is 0 Å². The summed E-state index contributed by atoms with van der Waals surface area (Å²) in [6.07, 6.45) is -0.0504. The highest BCUT2D eigenvalue weighted by molar-refractivity contribution is 5.77. The van der Waals surface area contributed by atoms with Gasteiger partial charge in [0, 0.05) is 5.56 Å². The van der Waals surface area contributed by atoms with Crippen molar-refractivity contribution < 1.29 is 4.74 Å². The lowest BCUT2D eigenvalue weighted by Gasteiger charge is -2.17. The highest BCUT2D eigenvalue weighted by Gasteiger charge is 2.15. The molecule has 1 aromatic carbocycles. The zero-order valence-electron chi connectivity index (χ0n) is 16.8. The number of anilines is 2. The lowest BCUT2D eigenvalue weighted by atomic mass is 10.1. The van der Waals surface area contributed by atoms with Crippen LogP contribution < -0.4 is 16.2 Å². The lowest BCUT2D eigenvalue weighted by molar-refractivity contribution is 0.200. The van der Waals surface area contributed by atoms with Gasteiger partial charge in [-0.3, -0.25) is 0 Å². The summed E-state index contributed by atoms with van der Waals surface area (Å²) >= 11 is 0. The Morgan fingerprint density at radius 1 is 0.966 bits per heavy atom. The molecule has 0 amide bonds. The zero-order valence-corrected chi connectivity index (χ0v) is 16.8. The molecular formula is C22H24N6O. The van der Waals surface area contributed by atoms with Crippen molar-refractivity contribution in [3.8, 4) is 17.0 Å². The number of imidazole rings is 1. The fourth-order valence-electron chi connectivity index (χ4n) is 3.43. The topological polar surface area (TPSA) is 105 Å². The minimum atomic E-state index is -0.0504. The largest absolute Gasteiger partial charge is 0.489 e. The Balaban J connectivity index is 1.66. The summed E-state index contributed by atoms with van der Waals surface area (Å²) in [5.74, 6) is 2.48. The number of nitrogens with zero attached hydrogens (tertiary/aromatic N) is 4. The molecule has 3 aromatic heterocycles. The number of nitrogen functional groups attached to an aromatic ring is 2. The highest BCUT2D eigenvalue weighted by atomic mass is 16.5. The van der Waals surface area contributed by atoms with Crippen LogP contribution in [0.1, 0.15) is 18.3 Å². The molecule has 0 aliphatic carbocycles. The van der Waals surface area contributed by atoms with E-state index in [2.05, 4.69) is 27.5 Å². The number of nitrogens with two attached hydrogens (primary N) is 2. The van der Waals surface area contributed by atoms with Gasteiger partial charge in [0.05, 0.1) is 12.2 Å². The summed E-state index contributed by atoms with van der Waals surface area (Å²) < 4.78 is 8.18. The molecule has 4 aromatic rings. The molecule has 1 atom stereocenters. The van der Waals surface area contributed by atoms with Gasteiger partial charge in [0.15, 0.2) is 5.65 Å². The summed E-state index contributed by atoms with van der Waals surface area (Å²) in [5.41, 5.74) is 16.1. The van der Waals surface area contributed by atoms with Crippen LogP contribution >= 0.6 is 0 Å². The number of hydrogen-bond donors (Lipinski definition) is 2. The number of hydrogen-bond acceptors (Lipinski definition) is 6.